The fraction of sp³-hybridized carbons (Fsp3) is 0.167. The molecule has 33 heavy (non-hydrogen) atoms. The summed E-state index contributed by atoms with van der Waals surface area (Å²) in [6, 6.07) is 15.5. The number of carbonyl (C=O) groups is 1. The molecule has 8 nitrogen and oxygen atoms in total. The topological polar surface area (TPSA) is 110 Å². The Labute approximate surface area is 194 Å². The second-order valence-corrected chi connectivity index (χ2v) is 7.68. The van der Waals surface area contributed by atoms with Crippen LogP contribution in [0.25, 0.3) is 22.3 Å². The number of hydrogen-bond acceptors (Lipinski definition) is 6. The number of para-hydroxylation sites is 1. The molecule has 0 spiro atoms. The molecule has 0 aliphatic carbocycles. The van der Waals surface area contributed by atoms with Crippen molar-refractivity contribution >= 4 is 34.3 Å². The van der Waals surface area contributed by atoms with Gasteiger partial charge in [0.25, 0.3) is 5.91 Å². The molecule has 1 unspecified atom stereocenters. The highest BCUT2D eigenvalue weighted by molar-refractivity contribution is 6.30. The largest absolute Gasteiger partial charge is 0.473 e. The van der Waals surface area contributed by atoms with Crippen molar-refractivity contribution in [1.29, 1.82) is 5.26 Å². The predicted molar refractivity (Wildman–Crippen MR) is 124 cm³/mol. The van der Waals surface area contributed by atoms with Crippen molar-refractivity contribution in [3.63, 3.8) is 0 Å². The van der Waals surface area contributed by atoms with Crippen LogP contribution in [-0.2, 0) is 11.8 Å². The fourth-order valence-corrected chi connectivity index (χ4v) is 3.48. The van der Waals surface area contributed by atoms with Gasteiger partial charge in [-0.15, -0.1) is 0 Å². The summed E-state index contributed by atoms with van der Waals surface area (Å²) in [7, 11) is 1.61. The van der Waals surface area contributed by atoms with Crippen LogP contribution in [0.2, 0.25) is 5.02 Å². The zero-order valence-electron chi connectivity index (χ0n) is 17.8. The lowest BCUT2D eigenvalue weighted by atomic mass is 10.1. The summed E-state index contributed by atoms with van der Waals surface area (Å²) in [5.74, 6) is -0.163. The number of hydrogen-bond donors (Lipinski definition) is 1. The van der Waals surface area contributed by atoms with E-state index in [4.69, 9.17) is 20.8 Å². The minimum Gasteiger partial charge on any atom is -0.473 e. The second-order valence-electron chi connectivity index (χ2n) is 7.24. The first-order valence-electron chi connectivity index (χ1n) is 10.1. The van der Waals surface area contributed by atoms with E-state index in [9.17, 15) is 14.9 Å². The van der Waals surface area contributed by atoms with Crippen molar-refractivity contribution in [3.05, 3.63) is 75.5 Å². The maximum absolute atomic E-state index is 13.3. The second kappa shape index (κ2) is 9.18. The summed E-state index contributed by atoms with van der Waals surface area (Å²) in [5, 5.41) is 16.8. The van der Waals surface area contributed by atoms with Crippen LogP contribution in [0.1, 0.15) is 18.9 Å². The normalized spacial score (nSPS) is 11.7. The molecule has 0 fully saturated rings. The van der Waals surface area contributed by atoms with Gasteiger partial charge in [-0.1, -0.05) is 30.7 Å². The number of ether oxygens (including phenoxy) is 1. The molecule has 1 amide bonds. The number of halogens is 1. The lowest BCUT2D eigenvalue weighted by molar-refractivity contribution is -0.122. The van der Waals surface area contributed by atoms with Gasteiger partial charge >= 0.3 is 0 Å². The van der Waals surface area contributed by atoms with Gasteiger partial charge in [0.1, 0.15) is 23.0 Å². The molecule has 2 aromatic carbocycles. The Kier molecular flexibility index (Phi) is 6.16. The van der Waals surface area contributed by atoms with Crippen molar-refractivity contribution in [1.82, 2.24) is 9.78 Å². The number of nitrogens with one attached hydrogen (secondary N) is 1. The van der Waals surface area contributed by atoms with Crippen molar-refractivity contribution in [2.45, 2.75) is 19.4 Å². The number of nitrogens with zero attached hydrogens (tertiary/aromatic N) is 3. The van der Waals surface area contributed by atoms with Crippen molar-refractivity contribution in [3.8, 4) is 23.1 Å². The predicted octanol–water partition coefficient (Wildman–Crippen LogP) is 4.51. The molecule has 166 valence electrons. The Balaban J connectivity index is 1.76. The average molecular weight is 463 g/mol. The molecule has 4 rings (SSSR count). The molecule has 0 saturated heterocycles. The van der Waals surface area contributed by atoms with E-state index in [1.165, 1.54) is 10.9 Å². The van der Waals surface area contributed by atoms with E-state index < -0.39 is 17.4 Å². The molecule has 2 aromatic heterocycles. The Morgan fingerprint density at radius 3 is 2.70 bits per heavy atom. The van der Waals surface area contributed by atoms with E-state index in [0.29, 0.717) is 21.6 Å². The SMILES string of the molecule is CCC(Oc1c(-c2ccc(Cl)cc2)oc2ccccc2c1=O)C(=O)Nc1c(C#N)cnn1C. The highest BCUT2D eigenvalue weighted by Gasteiger charge is 2.26. The van der Waals surface area contributed by atoms with Crippen LogP contribution in [0, 0.1) is 11.3 Å². The number of fused-ring (bicyclic) bond motifs is 1. The Hall–Kier alpha value is -4.09. The van der Waals surface area contributed by atoms with Crippen LogP contribution in [0.3, 0.4) is 0 Å². The molecule has 0 bridgehead atoms. The Morgan fingerprint density at radius 1 is 1.27 bits per heavy atom. The molecule has 1 atom stereocenters. The maximum Gasteiger partial charge on any atom is 0.266 e. The molecule has 2 heterocycles. The monoisotopic (exact) mass is 462 g/mol. The van der Waals surface area contributed by atoms with E-state index in [0.717, 1.165) is 0 Å². The number of amides is 1. The van der Waals surface area contributed by atoms with Gasteiger partial charge < -0.3 is 14.5 Å². The van der Waals surface area contributed by atoms with E-state index in [1.54, 1.807) is 62.5 Å². The molecule has 0 saturated carbocycles. The summed E-state index contributed by atoms with van der Waals surface area (Å²) < 4.78 is 13.4. The standard InChI is InChI=1S/C24H19ClN4O4/c1-3-18(24(31)28-23-15(12-26)13-27-29(23)2)32-22-20(30)17-6-4-5-7-19(17)33-21(22)14-8-10-16(25)11-9-14/h4-11,13,18H,3H2,1-2H3,(H,28,31). The van der Waals surface area contributed by atoms with Gasteiger partial charge in [0.15, 0.2) is 11.9 Å². The molecule has 1 N–H and O–H groups in total. The molecule has 0 aliphatic rings. The van der Waals surface area contributed by atoms with E-state index in [-0.39, 0.29) is 29.3 Å². The fourth-order valence-electron chi connectivity index (χ4n) is 3.35. The summed E-state index contributed by atoms with van der Waals surface area (Å²) in [6.45, 7) is 1.75. The van der Waals surface area contributed by atoms with Crippen molar-refractivity contribution in [2.75, 3.05) is 5.32 Å². The minimum absolute atomic E-state index is 0.0801. The quantitative estimate of drug-likeness (QED) is 0.451. The number of anilines is 1. The first-order valence-corrected chi connectivity index (χ1v) is 10.5. The van der Waals surface area contributed by atoms with E-state index in [2.05, 4.69) is 10.4 Å². The zero-order valence-corrected chi connectivity index (χ0v) is 18.6. The van der Waals surface area contributed by atoms with E-state index >= 15 is 0 Å². The van der Waals surface area contributed by atoms with Crippen molar-refractivity contribution in [2.24, 2.45) is 7.05 Å². The van der Waals surface area contributed by atoms with Crippen LogP contribution in [0.4, 0.5) is 5.82 Å². The lowest BCUT2D eigenvalue weighted by Crippen LogP contribution is -2.34. The number of nitriles is 1. The number of rotatable bonds is 6. The minimum atomic E-state index is -1.03. The summed E-state index contributed by atoms with van der Waals surface area (Å²) in [4.78, 5) is 26.3. The highest BCUT2D eigenvalue weighted by Crippen LogP contribution is 2.32. The highest BCUT2D eigenvalue weighted by atomic mass is 35.5. The van der Waals surface area contributed by atoms with Crippen LogP contribution in [-0.4, -0.2) is 21.8 Å². The third-order valence-corrected chi connectivity index (χ3v) is 5.34. The molecule has 0 aliphatic heterocycles. The van der Waals surface area contributed by atoms with Gasteiger partial charge in [0, 0.05) is 17.6 Å². The van der Waals surface area contributed by atoms with Crippen LogP contribution >= 0.6 is 11.6 Å². The number of aromatic nitrogens is 2. The summed E-state index contributed by atoms with van der Waals surface area (Å²) in [5.41, 5.74) is 0.788. The van der Waals surface area contributed by atoms with Crippen LogP contribution in [0.15, 0.2) is 63.9 Å². The van der Waals surface area contributed by atoms with Gasteiger partial charge in [-0.25, -0.2) is 0 Å². The zero-order chi connectivity index (χ0) is 23.5. The first-order chi connectivity index (χ1) is 15.9. The Bertz CT molecular complexity index is 1430. The third kappa shape index (κ3) is 4.31. The van der Waals surface area contributed by atoms with Crippen molar-refractivity contribution < 1.29 is 13.9 Å². The smallest absolute Gasteiger partial charge is 0.266 e. The van der Waals surface area contributed by atoms with Gasteiger partial charge in [-0.3, -0.25) is 14.3 Å². The number of benzene rings is 2. The summed E-state index contributed by atoms with van der Waals surface area (Å²) in [6.07, 6.45) is 0.591. The molecule has 4 aromatic rings. The average Bonchev–Trinajstić information content (AvgIpc) is 3.18. The number of carbonyl (C=O) groups excluding carboxylic acids is 1. The molecular weight excluding hydrogens is 444 g/mol. The van der Waals surface area contributed by atoms with Gasteiger partial charge in [-0.05, 0) is 42.8 Å². The molecule has 0 radical (unpaired) electrons. The van der Waals surface area contributed by atoms with Gasteiger partial charge in [-0.2, -0.15) is 10.4 Å². The Morgan fingerprint density at radius 2 is 2.00 bits per heavy atom. The van der Waals surface area contributed by atoms with Gasteiger partial charge in [0.2, 0.25) is 11.2 Å². The summed E-state index contributed by atoms with van der Waals surface area (Å²) >= 11 is 6.01. The van der Waals surface area contributed by atoms with Crippen LogP contribution in [0.5, 0.6) is 5.75 Å². The lowest BCUT2D eigenvalue weighted by Gasteiger charge is -2.19. The van der Waals surface area contributed by atoms with E-state index in [1.807, 2.05) is 6.07 Å². The first kappa shape index (κ1) is 22.1. The maximum atomic E-state index is 13.3. The number of aryl methyl sites for hydroxylation is 1. The molecular formula is C24H19ClN4O4. The molecule has 9 heteroatoms. The third-order valence-electron chi connectivity index (χ3n) is 5.09. The van der Waals surface area contributed by atoms with Crippen LogP contribution < -0.4 is 15.5 Å². The van der Waals surface area contributed by atoms with Gasteiger partial charge in [0.05, 0.1) is 11.6 Å².